The van der Waals surface area contributed by atoms with E-state index in [1.807, 2.05) is 30.5 Å². The molecule has 1 amide bonds. The normalized spacial score (nSPS) is 10.8. The summed E-state index contributed by atoms with van der Waals surface area (Å²) in [4.78, 5) is 15.0. The number of para-hydroxylation sites is 1. The van der Waals surface area contributed by atoms with Crippen molar-refractivity contribution >= 4 is 22.8 Å². The molecule has 0 aliphatic rings. The second-order valence-electron chi connectivity index (χ2n) is 4.53. The van der Waals surface area contributed by atoms with Crippen LogP contribution in [0.25, 0.3) is 10.9 Å². The van der Waals surface area contributed by atoms with Gasteiger partial charge in [0.25, 0.3) is 0 Å². The summed E-state index contributed by atoms with van der Waals surface area (Å²) in [5, 5.41) is 11.1. The maximum absolute atomic E-state index is 11.8. The number of aromatic nitrogens is 3. The molecule has 20 heavy (non-hydrogen) atoms. The molecule has 1 aromatic carbocycles. The highest BCUT2D eigenvalue weighted by Crippen LogP contribution is 2.19. The van der Waals surface area contributed by atoms with Gasteiger partial charge in [0.05, 0.1) is 0 Å². The number of carbonyl (C=O) groups excluding carboxylic acids is 1. The van der Waals surface area contributed by atoms with E-state index in [1.54, 1.807) is 6.92 Å². The number of rotatable bonds is 4. The first kappa shape index (κ1) is 12.4. The fraction of sp³-hybridized carbons (Fsp3) is 0.214. The van der Waals surface area contributed by atoms with Crippen LogP contribution in [0, 0.1) is 6.92 Å². The summed E-state index contributed by atoms with van der Waals surface area (Å²) < 4.78 is 5.10. The number of benzene rings is 1. The van der Waals surface area contributed by atoms with Gasteiger partial charge < -0.3 is 9.40 Å². The third kappa shape index (κ3) is 2.54. The molecule has 0 saturated carbocycles. The summed E-state index contributed by atoms with van der Waals surface area (Å²) in [6.07, 6.45) is 2.96. The van der Waals surface area contributed by atoms with Crippen LogP contribution >= 0.6 is 0 Å². The van der Waals surface area contributed by atoms with Crippen molar-refractivity contribution in [1.82, 2.24) is 15.2 Å². The Labute approximate surface area is 115 Å². The van der Waals surface area contributed by atoms with Gasteiger partial charge in [-0.2, -0.15) is 0 Å². The first-order chi connectivity index (χ1) is 9.72. The lowest BCUT2D eigenvalue weighted by atomic mass is 10.1. The van der Waals surface area contributed by atoms with Crippen molar-refractivity contribution in [3.63, 3.8) is 0 Å². The van der Waals surface area contributed by atoms with Crippen LogP contribution in [0.3, 0.4) is 0 Å². The van der Waals surface area contributed by atoms with Crippen molar-refractivity contribution in [3.8, 4) is 0 Å². The molecule has 2 aromatic heterocycles. The monoisotopic (exact) mass is 270 g/mol. The lowest BCUT2D eigenvalue weighted by Crippen LogP contribution is -2.12. The second-order valence-corrected chi connectivity index (χ2v) is 4.53. The molecule has 0 fully saturated rings. The Morgan fingerprint density at radius 3 is 3.00 bits per heavy atom. The molecule has 102 valence electrons. The van der Waals surface area contributed by atoms with Gasteiger partial charge in [-0.1, -0.05) is 23.3 Å². The minimum Gasteiger partial charge on any atom is -0.408 e. The number of H-pyrrole nitrogens is 1. The van der Waals surface area contributed by atoms with Crippen LogP contribution in [0.5, 0.6) is 0 Å². The Bertz CT molecular complexity index is 744. The highest BCUT2D eigenvalue weighted by molar-refractivity contribution is 5.89. The standard InChI is InChI=1S/C14H14N4O2/c1-9-17-18-14(20-9)16-13(19)7-6-10-8-15-12-5-3-2-4-11(10)12/h2-5,8,15H,6-7H2,1H3,(H,16,18,19). The molecule has 3 aromatic rings. The van der Waals surface area contributed by atoms with Gasteiger partial charge in [0.1, 0.15) is 0 Å². The third-order valence-corrected chi connectivity index (χ3v) is 3.07. The molecule has 0 saturated heterocycles. The average Bonchev–Trinajstić information content (AvgIpc) is 3.03. The number of carbonyl (C=O) groups is 1. The number of nitrogens with zero attached hydrogens (tertiary/aromatic N) is 2. The Hall–Kier alpha value is -2.63. The molecule has 2 heterocycles. The van der Waals surface area contributed by atoms with E-state index in [4.69, 9.17) is 4.42 Å². The number of amides is 1. The fourth-order valence-corrected chi connectivity index (χ4v) is 2.12. The van der Waals surface area contributed by atoms with Crippen molar-refractivity contribution in [2.45, 2.75) is 19.8 Å². The second kappa shape index (κ2) is 5.16. The summed E-state index contributed by atoms with van der Waals surface area (Å²) in [7, 11) is 0. The van der Waals surface area contributed by atoms with Crippen LogP contribution in [-0.4, -0.2) is 21.1 Å². The van der Waals surface area contributed by atoms with Crippen LogP contribution in [0.2, 0.25) is 0 Å². The first-order valence-corrected chi connectivity index (χ1v) is 6.37. The highest BCUT2D eigenvalue weighted by Gasteiger charge is 2.09. The van der Waals surface area contributed by atoms with Crippen molar-refractivity contribution in [1.29, 1.82) is 0 Å². The molecule has 0 bridgehead atoms. The highest BCUT2D eigenvalue weighted by atomic mass is 16.4. The van der Waals surface area contributed by atoms with E-state index in [2.05, 4.69) is 20.5 Å². The summed E-state index contributed by atoms with van der Waals surface area (Å²) in [5.74, 6) is 0.288. The van der Waals surface area contributed by atoms with Crippen LogP contribution in [-0.2, 0) is 11.2 Å². The molecule has 0 spiro atoms. The zero-order valence-corrected chi connectivity index (χ0v) is 11.0. The minimum atomic E-state index is -0.140. The van der Waals surface area contributed by atoms with Crippen molar-refractivity contribution in [3.05, 3.63) is 41.9 Å². The van der Waals surface area contributed by atoms with Gasteiger partial charge in [-0.15, -0.1) is 5.10 Å². The van der Waals surface area contributed by atoms with Gasteiger partial charge >= 0.3 is 6.01 Å². The molecule has 3 rings (SSSR count). The number of nitrogens with one attached hydrogen (secondary N) is 2. The predicted octanol–water partition coefficient (Wildman–Crippen LogP) is 2.43. The van der Waals surface area contributed by atoms with E-state index >= 15 is 0 Å². The maximum atomic E-state index is 11.8. The third-order valence-electron chi connectivity index (χ3n) is 3.07. The van der Waals surface area contributed by atoms with Crippen LogP contribution in [0.15, 0.2) is 34.9 Å². The Kier molecular flexibility index (Phi) is 3.20. The summed E-state index contributed by atoms with van der Waals surface area (Å²) >= 11 is 0. The van der Waals surface area contributed by atoms with E-state index < -0.39 is 0 Å². The topological polar surface area (TPSA) is 83.8 Å². The van der Waals surface area contributed by atoms with Gasteiger partial charge in [0, 0.05) is 30.4 Å². The summed E-state index contributed by atoms with van der Waals surface area (Å²) in [6, 6.07) is 8.17. The minimum absolute atomic E-state index is 0.140. The number of hydrogen-bond acceptors (Lipinski definition) is 4. The van der Waals surface area contributed by atoms with Gasteiger partial charge in [-0.3, -0.25) is 10.1 Å². The van der Waals surface area contributed by atoms with E-state index in [9.17, 15) is 4.79 Å². The van der Waals surface area contributed by atoms with E-state index in [1.165, 1.54) is 0 Å². The van der Waals surface area contributed by atoms with Gasteiger partial charge in [0.15, 0.2) is 0 Å². The molecular weight excluding hydrogens is 256 g/mol. The largest absolute Gasteiger partial charge is 0.408 e. The van der Waals surface area contributed by atoms with Gasteiger partial charge in [-0.25, -0.2) is 0 Å². The van der Waals surface area contributed by atoms with E-state index in [-0.39, 0.29) is 11.9 Å². The number of aromatic amines is 1. The molecule has 0 unspecified atom stereocenters. The van der Waals surface area contributed by atoms with Crippen LogP contribution in [0.1, 0.15) is 17.9 Å². The molecule has 2 N–H and O–H groups in total. The molecule has 6 heteroatoms. The smallest absolute Gasteiger partial charge is 0.322 e. The van der Waals surface area contributed by atoms with Crippen LogP contribution < -0.4 is 5.32 Å². The molecule has 0 atom stereocenters. The quantitative estimate of drug-likeness (QED) is 0.762. The SMILES string of the molecule is Cc1nnc(NC(=O)CCc2c[nH]c3ccccc23)o1. The van der Waals surface area contributed by atoms with Crippen molar-refractivity contribution in [2.24, 2.45) is 0 Å². The maximum Gasteiger partial charge on any atom is 0.322 e. The molecular formula is C14H14N4O2. The zero-order chi connectivity index (χ0) is 13.9. The lowest BCUT2D eigenvalue weighted by Gasteiger charge is -2.00. The number of aryl methyl sites for hydroxylation is 2. The number of fused-ring (bicyclic) bond motifs is 1. The van der Waals surface area contributed by atoms with Gasteiger partial charge in [0.2, 0.25) is 11.8 Å². The summed E-state index contributed by atoms with van der Waals surface area (Å²) in [6.45, 7) is 1.68. The number of anilines is 1. The summed E-state index contributed by atoms with van der Waals surface area (Å²) in [5.41, 5.74) is 2.20. The van der Waals surface area contributed by atoms with E-state index in [0.717, 1.165) is 16.5 Å². The molecule has 0 aliphatic heterocycles. The van der Waals surface area contributed by atoms with Crippen molar-refractivity contribution in [2.75, 3.05) is 5.32 Å². The Morgan fingerprint density at radius 2 is 2.20 bits per heavy atom. The number of hydrogen-bond donors (Lipinski definition) is 2. The lowest BCUT2D eigenvalue weighted by molar-refractivity contribution is -0.116. The average molecular weight is 270 g/mol. The first-order valence-electron chi connectivity index (χ1n) is 6.37. The fourth-order valence-electron chi connectivity index (χ4n) is 2.12. The van der Waals surface area contributed by atoms with Gasteiger partial charge in [-0.05, 0) is 18.1 Å². The zero-order valence-electron chi connectivity index (χ0n) is 11.0. The molecule has 6 nitrogen and oxygen atoms in total. The molecule has 0 radical (unpaired) electrons. The van der Waals surface area contributed by atoms with E-state index in [0.29, 0.717) is 18.7 Å². The van der Waals surface area contributed by atoms with Crippen molar-refractivity contribution < 1.29 is 9.21 Å². The Balaban J connectivity index is 1.63. The molecule has 0 aliphatic carbocycles. The predicted molar refractivity (Wildman–Crippen MR) is 74.3 cm³/mol. The van der Waals surface area contributed by atoms with Crippen LogP contribution in [0.4, 0.5) is 6.01 Å². The Morgan fingerprint density at radius 1 is 1.35 bits per heavy atom.